The van der Waals surface area contributed by atoms with E-state index in [9.17, 15) is 17.6 Å². The Morgan fingerprint density at radius 1 is 0.839 bits per heavy atom. The molecule has 2 aliphatic carbocycles. The standard InChI is InChI=1S/C11H20F2O3.C11H18F2O2/c1-9-5-10(6-9)16-8-11(12,13)7-15-4-2-3-14;1-3-4-14-7-11(12,13)8-15-10-5-9(2)6-10/h9-10,14H,2-8H2,1H3;3,9-10H,1,4-8H2,2H3. The minimum absolute atomic E-state index is 0.00156. The molecule has 2 aliphatic rings. The summed E-state index contributed by atoms with van der Waals surface area (Å²) in [5.41, 5.74) is 0. The van der Waals surface area contributed by atoms with Crippen LogP contribution in [0.25, 0.3) is 0 Å². The summed E-state index contributed by atoms with van der Waals surface area (Å²) in [4.78, 5) is 0. The van der Waals surface area contributed by atoms with Gasteiger partial charge in [0, 0.05) is 13.2 Å². The summed E-state index contributed by atoms with van der Waals surface area (Å²) >= 11 is 0. The quantitative estimate of drug-likeness (QED) is 0.223. The molecule has 0 amide bonds. The zero-order chi connectivity index (χ0) is 23.3. The van der Waals surface area contributed by atoms with Crippen LogP contribution < -0.4 is 0 Å². The lowest BCUT2D eigenvalue weighted by atomic mass is 9.84. The Balaban J connectivity index is 0.000000311. The molecule has 1 N–H and O–H groups in total. The van der Waals surface area contributed by atoms with Gasteiger partial charge in [-0.05, 0) is 43.9 Å². The normalized spacial score (nSPS) is 25.8. The Labute approximate surface area is 183 Å². The number of aliphatic hydroxyl groups excluding tert-OH is 1. The summed E-state index contributed by atoms with van der Waals surface area (Å²) in [6, 6.07) is 0. The lowest BCUT2D eigenvalue weighted by molar-refractivity contribution is -0.153. The van der Waals surface area contributed by atoms with Gasteiger partial charge in [0.25, 0.3) is 11.8 Å². The van der Waals surface area contributed by atoms with Gasteiger partial charge in [-0.3, -0.25) is 0 Å². The van der Waals surface area contributed by atoms with Gasteiger partial charge < -0.3 is 24.1 Å². The maximum Gasteiger partial charge on any atom is 0.293 e. The highest BCUT2D eigenvalue weighted by molar-refractivity contribution is 4.79. The number of alkyl halides is 4. The topological polar surface area (TPSA) is 57.2 Å². The Bertz CT molecular complexity index is 481. The first kappa shape index (κ1) is 28.3. The summed E-state index contributed by atoms with van der Waals surface area (Å²) in [7, 11) is 0. The molecule has 184 valence electrons. The van der Waals surface area contributed by atoms with Crippen molar-refractivity contribution in [3.63, 3.8) is 0 Å². The van der Waals surface area contributed by atoms with E-state index in [1.807, 2.05) is 0 Å². The van der Waals surface area contributed by atoms with Crippen molar-refractivity contribution < 1.29 is 41.6 Å². The molecule has 31 heavy (non-hydrogen) atoms. The zero-order valence-electron chi connectivity index (χ0n) is 18.7. The maximum atomic E-state index is 13.2. The van der Waals surface area contributed by atoms with Crippen LogP contribution in [-0.2, 0) is 18.9 Å². The molecular weight excluding hydrogens is 420 g/mol. The monoisotopic (exact) mass is 458 g/mol. The number of halogens is 4. The minimum Gasteiger partial charge on any atom is -0.396 e. The Hall–Kier alpha value is -0.740. The lowest BCUT2D eigenvalue weighted by Crippen LogP contribution is -2.37. The summed E-state index contributed by atoms with van der Waals surface area (Å²) in [5.74, 6) is -4.60. The molecule has 0 radical (unpaired) electrons. The molecule has 0 saturated heterocycles. The van der Waals surface area contributed by atoms with Crippen molar-refractivity contribution in [1.29, 1.82) is 0 Å². The van der Waals surface area contributed by atoms with Crippen LogP contribution in [0.15, 0.2) is 12.7 Å². The minimum atomic E-state index is -2.92. The van der Waals surface area contributed by atoms with Crippen LogP contribution in [-0.4, -0.2) is 75.4 Å². The third kappa shape index (κ3) is 13.4. The fraction of sp³-hybridized carbons (Fsp3) is 0.909. The molecule has 0 bridgehead atoms. The summed E-state index contributed by atoms with van der Waals surface area (Å²) in [5, 5.41) is 8.44. The molecule has 0 aromatic heterocycles. The highest BCUT2D eigenvalue weighted by atomic mass is 19.3. The van der Waals surface area contributed by atoms with Gasteiger partial charge in [-0.1, -0.05) is 19.9 Å². The van der Waals surface area contributed by atoms with Crippen LogP contribution in [0.1, 0.15) is 46.0 Å². The molecule has 9 heteroatoms. The zero-order valence-corrected chi connectivity index (χ0v) is 18.7. The van der Waals surface area contributed by atoms with Crippen LogP contribution in [0.2, 0.25) is 0 Å². The molecule has 0 aromatic carbocycles. The van der Waals surface area contributed by atoms with E-state index in [2.05, 4.69) is 20.4 Å². The number of aliphatic hydroxyl groups is 1. The van der Waals surface area contributed by atoms with Crippen molar-refractivity contribution >= 4 is 0 Å². The number of hydrogen-bond donors (Lipinski definition) is 1. The molecule has 0 spiro atoms. The van der Waals surface area contributed by atoms with E-state index in [1.165, 1.54) is 6.08 Å². The first-order valence-electron chi connectivity index (χ1n) is 10.9. The van der Waals surface area contributed by atoms with Crippen LogP contribution in [0.5, 0.6) is 0 Å². The highest BCUT2D eigenvalue weighted by Gasteiger charge is 2.35. The molecule has 0 unspecified atom stereocenters. The van der Waals surface area contributed by atoms with E-state index in [0.717, 1.165) is 25.7 Å². The van der Waals surface area contributed by atoms with E-state index in [0.29, 0.717) is 18.3 Å². The largest absolute Gasteiger partial charge is 0.396 e. The first-order valence-corrected chi connectivity index (χ1v) is 10.9. The van der Waals surface area contributed by atoms with Crippen LogP contribution in [0.3, 0.4) is 0 Å². The molecule has 2 rings (SSSR count). The van der Waals surface area contributed by atoms with Crippen molar-refractivity contribution in [2.45, 2.75) is 70.0 Å². The number of hydrogen-bond acceptors (Lipinski definition) is 5. The second-order valence-corrected chi connectivity index (χ2v) is 8.66. The van der Waals surface area contributed by atoms with Crippen molar-refractivity contribution in [2.75, 3.05) is 46.2 Å². The van der Waals surface area contributed by atoms with Crippen LogP contribution >= 0.6 is 0 Å². The van der Waals surface area contributed by atoms with Gasteiger partial charge >= 0.3 is 0 Å². The van der Waals surface area contributed by atoms with Gasteiger partial charge in [0.2, 0.25) is 0 Å². The molecular formula is C22H38F4O5. The number of ether oxygens (including phenoxy) is 4. The van der Waals surface area contributed by atoms with Crippen molar-refractivity contribution in [3.05, 3.63) is 12.7 Å². The third-order valence-corrected chi connectivity index (χ3v) is 5.03. The predicted octanol–water partition coefficient (Wildman–Crippen LogP) is 4.48. The van der Waals surface area contributed by atoms with E-state index in [1.54, 1.807) is 0 Å². The van der Waals surface area contributed by atoms with Gasteiger partial charge in [0.15, 0.2) is 0 Å². The van der Waals surface area contributed by atoms with Crippen molar-refractivity contribution in [2.24, 2.45) is 11.8 Å². The predicted molar refractivity (Wildman–Crippen MR) is 110 cm³/mol. The molecule has 2 fully saturated rings. The number of rotatable bonds is 15. The van der Waals surface area contributed by atoms with Gasteiger partial charge in [-0.2, -0.15) is 0 Å². The summed E-state index contributed by atoms with van der Waals surface area (Å²) in [6.07, 6.45) is 5.39. The second-order valence-electron chi connectivity index (χ2n) is 8.66. The second kappa shape index (κ2) is 14.4. The van der Waals surface area contributed by atoms with Crippen molar-refractivity contribution in [1.82, 2.24) is 0 Å². The van der Waals surface area contributed by atoms with E-state index in [-0.39, 0.29) is 32.0 Å². The Morgan fingerprint density at radius 2 is 1.29 bits per heavy atom. The van der Waals surface area contributed by atoms with E-state index >= 15 is 0 Å². The fourth-order valence-electron chi connectivity index (χ4n) is 3.17. The Morgan fingerprint density at radius 3 is 1.68 bits per heavy atom. The lowest BCUT2D eigenvalue weighted by Gasteiger charge is -2.33. The van der Waals surface area contributed by atoms with E-state index in [4.69, 9.17) is 24.1 Å². The smallest absolute Gasteiger partial charge is 0.293 e. The molecule has 2 saturated carbocycles. The highest BCUT2D eigenvalue weighted by Crippen LogP contribution is 2.31. The van der Waals surface area contributed by atoms with Crippen LogP contribution in [0, 0.1) is 11.8 Å². The molecule has 0 heterocycles. The first-order chi connectivity index (χ1) is 14.6. The summed E-state index contributed by atoms with van der Waals surface area (Å²) < 4.78 is 72.1. The van der Waals surface area contributed by atoms with Crippen molar-refractivity contribution in [3.8, 4) is 0 Å². The fourth-order valence-corrected chi connectivity index (χ4v) is 3.17. The van der Waals surface area contributed by atoms with Gasteiger partial charge in [0.05, 0.1) is 18.8 Å². The average Bonchev–Trinajstić information content (AvgIpc) is 2.65. The molecule has 0 aliphatic heterocycles. The van der Waals surface area contributed by atoms with Gasteiger partial charge in [-0.15, -0.1) is 6.58 Å². The van der Waals surface area contributed by atoms with Crippen LogP contribution in [0.4, 0.5) is 17.6 Å². The maximum absolute atomic E-state index is 13.2. The SMILES string of the molecule is C=CCOCC(F)(F)COC1CC(C)C1.CC1CC(OCC(F)(F)COCCCO)C1. The average molecular weight is 459 g/mol. The molecule has 5 nitrogen and oxygen atoms in total. The summed E-state index contributed by atoms with van der Waals surface area (Å²) in [6.45, 7) is 5.49. The van der Waals surface area contributed by atoms with Gasteiger partial charge in [0.1, 0.15) is 26.4 Å². The Kier molecular flexibility index (Phi) is 13.2. The third-order valence-electron chi connectivity index (χ3n) is 5.03. The molecule has 0 atom stereocenters. The van der Waals surface area contributed by atoms with E-state index < -0.39 is 38.3 Å². The van der Waals surface area contributed by atoms with Gasteiger partial charge in [-0.25, -0.2) is 17.6 Å². The molecule has 0 aromatic rings.